The van der Waals surface area contributed by atoms with Crippen LogP contribution in [0.25, 0.3) is 0 Å². The van der Waals surface area contributed by atoms with E-state index in [1.807, 2.05) is 6.92 Å². The average Bonchev–Trinajstić information content (AvgIpc) is 2.45. The Balaban J connectivity index is 1.91. The highest BCUT2D eigenvalue weighted by molar-refractivity contribution is 6.01. The summed E-state index contributed by atoms with van der Waals surface area (Å²) in [5, 5.41) is 2.76. The molecule has 1 saturated carbocycles. The molecule has 1 aromatic rings. The molecule has 0 aromatic heterocycles. The van der Waals surface area contributed by atoms with Crippen molar-refractivity contribution in [2.24, 2.45) is 5.92 Å². The van der Waals surface area contributed by atoms with Crippen molar-refractivity contribution in [1.82, 2.24) is 0 Å². The number of rotatable bonds is 7. The number of hydrogen-bond donors (Lipinski definition) is 1. The van der Waals surface area contributed by atoms with E-state index in [9.17, 15) is 14.4 Å². The zero-order chi connectivity index (χ0) is 16.8. The largest absolute Gasteiger partial charge is 0.454 e. The summed E-state index contributed by atoms with van der Waals surface area (Å²) in [4.78, 5) is 35.6. The molecule has 0 spiro atoms. The van der Waals surface area contributed by atoms with Gasteiger partial charge in [0.15, 0.2) is 6.10 Å². The Bertz CT molecular complexity index is 575. The van der Waals surface area contributed by atoms with Gasteiger partial charge in [-0.1, -0.05) is 13.3 Å². The number of carbonyl (C=O) groups excluding carboxylic acids is 3. The van der Waals surface area contributed by atoms with Gasteiger partial charge in [-0.15, -0.1) is 0 Å². The third kappa shape index (κ3) is 4.65. The molecule has 0 bridgehead atoms. The fourth-order valence-corrected chi connectivity index (χ4v) is 2.37. The molecule has 0 aliphatic heterocycles. The summed E-state index contributed by atoms with van der Waals surface area (Å²) in [6.07, 6.45) is 3.22. The number of nitrogens with one attached hydrogen (secondary N) is 1. The SMILES string of the molecule is CCCC(=O)Nc1ccc(C(=O)C(C)OC(=O)C2CCC2)cc1. The second-order valence-electron chi connectivity index (χ2n) is 5.95. The third-order valence-electron chi connectivity index (χ3n) is 4.03. The van der Waals surface area contributed by atoms with Crippen molar-refractivity contribution < 1.29 is 19.1 Å². The van der Waals surface area contributed by atoms with Gasteiger partial charge in [0.2, 0.25) is 11.7 Å². The molecule has 124 valence electrons. The first-order valence-electron chi connectivity index (χ1n) is 8.16. The number of hydrogen-bond acceptors (Lipinski definition) is 4. The van der Waals surface area contributed by atoms with E-state index in [1.165, 1.54) is 0 Å². The molecule has 2 rings (SSSR count). The molecule has 0 saturated heterocycles. The minimum atomic E-state index is -0.788. The topological polar surface area (TPSA) is 72.5 Å². The standard InChI is InChI=1S/C18H23NO4/c1-3-5-16(20)19-15-10-8-13(9-11-15)17(21)12(2)23-18(22)14-6-4-7-14/h8-12,14H,3-7H2,1-2H3,(H,19,20). The molecular weight excluding hydrogens is 294 g/mol. The summed E-state index contributed by atoms with van der Waals surface area (Å²) in [6.45, 7) is 3.53. The van der Waals surface area contributed by atoms with E-state index in [0.717, 1.165) is 25.7 Å². The second-order valence-corrected chi connectivity index (χ2v) is 5.95. The first-order chi connectivity index (χ1) is 11.0. The van der Waals surface area contributed by atoms with Crippen LogP contribution in [0.3, 0.4) is 0 Å². The Morgan fingerprint density at radius 1 is 1.22 bits per heavy atom. The Morgan fingerprint density at radius 3 is 2.39 bits per heavy atom. The quantitative estimate of drug-likeness (QED) is 0.618. The van der Waals surface area contributed by atoms with Crippen LogP contribution in [0.2, 0.25) is 0 Å². The van der Waals surface area contributed by atoms with Gasteiger partial charge < -0.3 is 10.1 Å². The van der Waals surface area contributed by atoms with Crippen molar-refractivity contribution >= 4 is 23.3 Å². The number of anilines is 1. The summed E-state index contributed by atoms with van der Waals surface area (Å²) in [7, 11) is 0. The molecule has 1 amide bonds. The van der Waals surface area contributed by atoms with Crippen molar-refractivity contribution in [3.05, 3.63) is 29.8 Å². The first-order valence-corrected chi connectivity index (χ1v) is 8.16. The minimum Gasteiger partial charge on any atom is -0.454 e. The van der Waals surface area contributed by atoms with Crippen LogP contribution < -0.4 is 5.32 Å². The van der Waals surface area contributed by atoms with Crippen LogP contribution in [-0.2, 0) is 14.3 Å². The molecule has 1 atom stereocenters. The molecule has 5 heteroatoms. The van der Waals surface area contributed by atoms with Crippen molar-refractivity contribution in [3.8, 4) is 0 Å². The lowest BCUT2D eigenvalue weighted by Crippen LogP contribution is -2.31. The zero-order valence-electron chi connectivity index (χ0n) is 13.6. The van der Waals surface area contributed by atoms with Gasteiger partial charge in [0, 0.05) is 17.7 Å². The van der Waals surface area contributed by atoms with E-state index in [4.69, 9.17) is 4.74 Å². The first kappa shape index (κ1) is 17.2. The molecule has 0 radical (unpaired) electrons. The predicted octanol–water partition coefficient (Wildman–Crippen LogP) is 3.34. The monoisotopic (exact) mass is 317 g/mol. The predicted molar refractivity (Wildman–Crippen MR) is 87.2 cm³/mol. The lowest BCUT2D eigenvalue weighted by Gasteiger charge is -2.24. The van der Waals surface area contributed by atoms with Gasteiger partial charge >= 0.3 is 5.97 Å². The number of amides is 1. The highest BCUT2D eigenvalue weighted by Gasteiger charge is 2.29. The van der Waals surface area contributed by atoms with Crippen LogP contribution in [0.4, 0.5) is 5.69 Å². The van der Waals surface area contributed by atoms with Gasteiger partial charge in [-0.3, -0.25) is 14.4 Å². The number of esters is 1. The summed E-state index contributed by atoms with van der Waals surface area (Å²) in [5.74, 6) is -0.597. The maximum Gasteiger partial charge on any atom is 0.309 e. The number of ketones is 1. The van der Waals surface area contributed by atoms with E-state index in [1.54, 1.807) is 31.2 Å². The van der Waals surface area contributed by atoms with E-state index in [-0.39, 0.29) is 23.6 Å². The summed E-state index contributed by atoms with van der Waals surface area (Å²) >= 11 is 0. The Hall–Kier alpha value is -2.17. The van der Waals surface area contributed by atoms with E-state index < -0.39 is 6.10 Å². The van der Waals surface area contributed by atoms with Gasteiger partial charge in [-0.2, -0.15) is 0 Å². The molecule has 1 aromatic carbocycles. The second kappa shape index (κ2) is 7.90. The normalized spacial score (nSPS) is 15.4. The van der Waals surface area contributed by atoms with Gasteiger partial charge in [-0.25, -0.2) is 0 Å². The number of ether oxygens (including phenoxy) is 1. The van der Waals surface area contributed by atoms with Gasteiger partial charge in [0.1, 0.15) is 0 Å². The molecule has 1 unspecified atom stereocenters. The van der Waals surface area contributed by atoms with Crippen molar-refractivity contribution in [1.29, 1.82) is 0 Å². The smallest absolute Gasteiger partial charge is 0.309 e. The van der Waals surface area contributed by atoms with Gasteiger partial charge in [0.25, 0.3) is 0 Å². The number of Topliss-reactive ketones (excluding diaryl/α,β-unsaturated/α-hetero) is 1. The molecule has 1 fully saturated rings. The summed E-state index contributed by atoms with van der Waals surface area (Å²) in [5.41, 5.74) is 1.12. The van der Waals surface area contributed by atoms with Crippen molar-refractivity contribution in [2.75, 3.05) is 5.32 Å². The van der Waals surface area contributed by atoms with Crippen LogP contribution in [0.15, 0.2) is 24.3 Å². The maximum absolute atomic E-state index is 12.3. The molecule has 23 heavy (non-hydrogen) atoms. The van der Waals surface area contributed by atoms with Crippen LogP contribution in [-0.4, -0.2) is 23.8 Å². The van der Waals surface area contributed by atoms with E-state index in [2.05, 4.69) is 5.32 Å². The Labute approximate surface area is 136 Å². The highest BCUT2D eigenvalue weighted by atomic mass is 16.5. The summed E-state index contributed by atoms with van der Waals surface area (Å²) in [6, 6.07) is 6.64. The van der Waals surface area contributed by atoms with Crippen LogP contribution in [0.5, 0.6) is 0 Å². The van der Waals surface area contributed by atoms with Crippen LogP contribution in [0.1, 0.15) is 56.3 Å². The van der Waals surface area contributed by atoms with E-state index in [0.29, 0.717) is 17.7 Å². The Morgan fingerprint density at radius 2 is 1.87 bits per heavy atom. The molecule has 0 heterocycles. The number of carbonyl (C=O) groups is 3. The molecule has 1 aliphatic rings. The van der Waals surface area contributed by atoms with Gasteiger partial charge in [0.05, 0.1) is 5.92 Å². The fraction of sp³-hybridized carbons (Fsp3) is 0.500. The van der Waals surface area contributed by atoms with Crippen molar-refractivity contribution in [2.45, 2.75) is 52.1 Å². The number of benzene rings is 1. The molecule has 1 aliphatic carbocycles. The fourth-order valence-electron chi connectivity index (χ4n) is 2.37. The lowest BCUT2D eigenvalue weighted by molar-refractivity contribution is -0.154. The molecule has 5 nitrogen and oxygen atoms in total. The molecule has 1 N–H and O–H groups in total. The maximum atomic E-state index is 12.3. The zero-order valence-corrected chi connectivity index (χ0v) is 13.6. The van der Waals surface area contributed by atoms with Crippen molar-refractivity contribution in [3.63, 3.8) is 0 Å². The van der Waals surface area contributed by atoms with E-state index >= 15 is 0 Å². The highest BCUT2D eigenvalue weighted by Crippen LogP contribution is 2.28. The molecular formula is C18H23NO4. The van der Waals surface area contributed by atoms with Gasteiger partial charge in [-0.05, 0) is 50.5 Å². The lowest BCUT2D eigenvalue weighted by atomic mass is 9.85. The van der Waals surface area contributed by atoms with Crippen LogP contribution in [0, 0.1) is 5.92 Å². The average molecular weight is 317 g/mol. The Kier molecular flexibility index (Phi) is 5.90. The van der Waals surface area contributed by atoms with Crippen LogP contribution >= 0.6 is 0 Å². The minimum absolute atomic E-state index is 0.0404. The summed E-state index contributed by atoms with van der Waals surface area (Å²) < 4.78 is 5.24. The third-order valence-corrected chi connectivity index (χ3v) is 4.03.